The molecule has 5 N–H and O–H groups in total. The van der Waals surface area contributed by atoms with Crippen molar-refractivity contribution in [3.8, 4) is 0 Å². The summed E-state index contributed by atoms with van der Waals surface area (Å²) in [7, 11) is 0. The van der Waals surface area contributed by atoms with Crippen LogP contribution in [-0.2, 0) is 14.2 Å². The zero-order chi connectivity index (χ0) is 23.1. The van der Waals surface area contributed by atoms with E-state index in [0.717, 1.165) is 19.3 Å². The molecule has 32 heavy (non-hydrogen) atoms. The fourth-order valence-corrected chi connectivity index (χ4v) is 5.51. The third kappa shape index (κ3) is 7.09. The number of rotatable bonds is 3. The van der Waals surface area contributed by atoms with Crippen molar-refractivity contribution in [3.63, 3.8) is 0 Å². The summed E-state index contributed by atoms with van der Waals surface area (Å²) in [6, 6.07) is 0. The Kier molecular flexibility index (Phi) is 10.6. The van der Waals surface area contributed by atoms with Gasteiger partial charge in [0.2, 0.25) is 0 Å². The Morgan fingerprint density at radius 1 is 0.812 bits per heavy atom. The molecule has 8 nitrogen and oxygen atoms in total. The predicted molar refractivity (Wildman–Crippen MR) is 118 cm³/mol. The van der Waals surface area contributed by atoms with Crippen LogP contribution in [0, 0.1) is 11.8 Å². The highest BCUT2D eigenvalue weighted by atomic mass is 16.7. The molecule has 2 heterocycles. The lowest BCUT2D eigenvalue weighted by atomic mass is 9.74. The average molecular weight is 461 g/mol. The molecule has 0 aromatic heterocycles. The zero-order valence-electron chi connectivity index (χ0n) is 19.4. The van der Waals surface area contributed by atoms with Crippen molar-refractivity contribution in [1.82, 2.24) is 0 Å². The van der Waals surface area contributed by atoms with Gasteiger partial charge in [-0.1, -0.05) is 44.9 Å². The molecule has 188 valence electrons. The maximum Gasteiger partial charge on any atom is 0.186 e. The van der Waals surface area contributed by atoms with Gasteiger partial charge in [-0.3, -0.25) is 0 Å². The van der Waals surface area contributed by atoms with E-state index in [2.05, 4.69) is 6.92 Å². The van der Waals surface area contributed by atoms with Crippen LogP contribution < -0.4 is 0 Å². The number of hydrogen-bond donors (Lipinski definition) is 5. The number of ether oxygens (including phenoxy) is 3. The summed E-state index contributed by atoms with van der Waals surface area (Å²) in [6.45, 7) is 2.17. The summed E-state index contributed by atoms with van der Waals surface area (Å²) in [5, 5.41) is 50.7. The third-order valence-electron chi connectivity index (χ3n) is 7.60. The first-order valence-corrected chi connectivity index (χ1v) is 12.7. The van der Waals surface area contributed by atoms with Crippen molar-refractivity contribution in [2.24, 2.45) is 11.8 Å². The first-order chi connectivity index (χ1) is 15.4. The molecule has 0 aromatic rings. The summed E-state index contributed by atoms with van der Waals surface area (Å²) >= 11 is 0. The Hall–Kier alpha value is -0.320. The molecule has 0 spiro atoms. The van der Waals surface area contributed by atoms with Crippen molar-refractivity contribution in [2.75, 3.05) is 13.2 Å². The first kappa shape index (κ1) is 26.3. The summed E-state index contributed by atoms with van der Waals surface area (Å²) < 4.78 is 17.6. The van der Waals surface area contributed by atoms with Gasteiger partial charge in [0.15, 0.2) is 6.29 Å². The van der Waals surface area contributed by atoms with Crippen LogP contribution >= 0.6 is 0 Å². The SMILES string of the molecule is C[C@H]1CCCCCCCCCC2CC(OC3O[C@H](CO)[C@@H](O)[C@H](O)[C@H]3O)CC(O)C2CO1. The molecule has 2 aliphatic heterocycles. The van der Waals surface area contributed by atoms with E-state index in [-0.39, 0.29) is 24.0 Å². The van der Waals surface area contributed by atoms with Crippen LogP contribution in [0.3, 0.4) is 0 Å². The van der Waals surface area contributed by atoms with Gasteiger partial charge in [0, 0.05) is 5.92 Å². The average Bonchev–Trinajstić information content (AvgIpc) is 2.77. The summed E-state index contributed by atoms with van der Waals surface area (Å²) in [5.74, 6) is 0.291. The number of hydrogen-bond acceptors (Lipinski definition) is 8. The van der Waals surface area contributed by atoms with E-state index in [9.17, 15) is 25.5 Å². The first-order valence-electron chi connectivity index (χ1n) is 12.7. The van der Waals surface area contributed by atoms with Gasteiger partial charge in [0.1, 0.15) is 24.4 Å². The van der Waals surface area contributed by atoms with Gasteiger partial charge in [-0.25, -0.2) is 0 Å². The standard InChI is InChI=1S/C24H44O8/c1-15-9-7-5-3-2-4-6-8-10-16-11-17(12-19(26)18(16)14-30-15)31-24-23(29)22(28)21(27)20(13-25)32-24/h15-29H,2-14H2,1H3/t15-,16?,17?,18?,19?,20+,21+,22-,23+,24?/m0/s1. The second-order valence-electron chi connectivity index (χ2n) is 10.1. The molecule has 0 amide bonds. The van der Waals surface area contributed by atoms with Gasteiger partial charge in [-0.2, -0.15) is 0 Å². The Bertz CT molecular complexity index is 532. The van der Waals surface area contributed by atoms with E-state index in [1.165, 1.54) is 38.5 Å². The van der Waals surface area contributed by atoms with E-state index in [1.807, 2.05) is 0 Å². The molecule has 0 radical (unpaired) electrons. The third-order valence-corrected chi connectivity index (χ3v) is 7.60. The van der Waals surface area contributed by atoms with Gasteiger partial charge in [-0.15, -0.1) is 0 Å². The number of fused-ring (bicyclic) bond motifs is 1. The molecule has 3 aliphatic rings. The minimum absolute atomic E-state index is 0.0510. The smallest absolute Gasteiger partial charge is 0.186 e. The number of aliphatic hydroxyl groups is 5. The molecule has 3 rings (SSSR count). The zero-order valence-corrected chi connectivity index (χ0v) is 19.4. The quantitative estimate of drug-likeness (QED) is 0.428. The molecular weight excluding hydrogens is 416 g/mol. The van der Waals surface area contributed by atoms with Crippen molar-refractivity contribution in [3.05, 3.63) is 0 Å². The topological polar surface area (TPSA) is 129 Å². The second-order valence-corrected chi connectivity index (χ2v) is 10.1. The monoisotopic (exact) mass is 460 g/mol. The lowest BCUT2D eigenvalue weighted by molar-refractivity contribution is -0.316. The van der Waals surface area contributed by atoms with Crippen molar-refractivity contribution in [2.45, 2.75) is 127 Å². The second kappa shape index (κ2) is 13.0. The summed E-state index contributed by atoms with van der Waals surface area (Å²) in [4.78, 5) is 0. The van der Waals surface area contributed by atoms with E-state index in [0.29, 0.717) is 19.4 Å². The van der Waals surface area contributed by atoms with E-state index in [4.69, 9.17) is 14.2 Å². The van der Waals surface area contributed by atoms with Crippen LogP contribution in [0.25, 0.3) is 0 Å². The molecule has 0 bridgehead atoms. The Balaban J connectivity index is 1.62. The predicted octanol–water partition coefficient (Wildman–Crippen LogP) is 1.49. The van der Waals surface area contributed by atoms with E-state index < -0.39 is 43.4 Å². The normalized spacial score (nSPS) is 45.6. The van der Waals surface area contributed by atoms with Crippen molar-refractivity contribution in [1.29, 1.82) is 0 Å². The maximum absolute atomic E-state index is 11.0. The lowest BCUT2D eigenvalue weighted by Gasteiger charge is -2.44. The van der Waals surface area contributed by atoms with E-state index >= 15 is 0 Å². The van der Waals surface area contributed by atoms with Gasteiger partial charge in [0.25, 0.3) is 0 Å². The fraction of sp³-hybridized carbons (Fsp3) is 1.00. The van der Waals surface area contributed by atoms with Gasteiger partial charge < -0.3 is 39.7 Å². The minimum Gasteiger partial charge on any atom is -0.394 e. The molecule has 0 aromatic carbocycles. The van der Waals surface area contributed by atoms with Crippen LogP contribution in [0.15, 0.2) is 0 Å². The Labute approximate surface area is 191 Å². The molecule has 8 heteroatoms. The lowest BCUT2D eigenvalue weighted by Crippen LogP contribution is -2.60. The minimum atomic E-state index is -1.46. The highest BCUT2D eigenvalue weighted by molar-refractivity contribution is 4.91. The maximum atomic E-state index is 11.0. The van der Waals surface area contributed by atoms with Crippen LogP contribution in [0.5, 0.6) is 0 Å². The van der Waals surface area contributed by atoms with E-state index in [1.54, 1.807) is 0 Å². The molecule has 1 aliphatic carbocycles. The van der Waals surface area contributed by atoms with Gasteiger partial charge in [0.05, 0.1) is 31.5 Å². The van der Waals surface area contributed by atoms with Crippen LogP contribution in [-0.4, -0.2) is 87.8 Å². The molecule has 1 saturated carbocycles. The van der Waals surface area contributed by atoms with Crippen molar-refractivity contribution >= 4 is 0 Å². The van der Waals surface area contributed by atoms with Crippen LogP contribution in [0.2, 0.25) is 0 Å². The molecule has 2 saturated heterocycles. The molecule has 5 unspecified atom stereocenters. The molecule has 10 atom stereocenters. The van der Waals surface area contributed by atoms with Gasteiger partial charge >= 0.3 is 0 Å². The van der Waals surface area contributed by atoms with Crippen LogP contribution in [0.1, 0.15) is 77.6 Å². The fourth-order valence-electron chi connectivity index (χ4n) is 5.51. The summed E-state index contributed by atoms with van der Waals surface area (Å²) in [5.41, 5.74) is 0. The Morgan fingerprint density at radius 3 is 2.16 bits per heavy atom. The number of aliphatic hydroxyl groups excluding tert-OH is 5. The van der Waals surface area contributed by atoms with Gasteiger partial charge in [-0.05, 0) is 38.5 Å². The van der Waals surface area contributed by atoms with Crippen molar-refractivity contribution < 1.29 is 39.7 Å². The summed E-state index contributed by atoms with van der Waals surface area (Å²) in [6.07, 6.45) is 4.53. The Morgan fingerprint density at radius 2 is 1.47 bits per heavy atom. The molecular formula is C24H44O8. The highest BCUT2D eigenvalue weighted by Gasteiger charge is 2.46. The van der Waals surface area contributed by atoms with Crippen LogP contribution in [0.4, 0.5) is 0 Å². The largest absolute Gasteiger partial charge is 0.394 e. The highest BCUT2D eigenvalue weighted by Crippen LogP contribution is 2.38. The molecule has 3 fully saturated rings.